The highest BCUT2D eigenvalue weighted by Crippen LogP contribution is 2.30. The van der Waals surface area contributed by atoms with Crippen LogP contribution in [0.2, 0.25) is 0 Å². The van der Waals surface area contributed by atoms with Gasteiger partial charge in [0, 0.05) is 45.0 Å². The van der Waals surface area contributed by atoms with Crippen molar-refractivity contribution in [3.63, 3.8) is 0 Å². The lowest BCUT2D eigenvalue weighted by molar-refractivity contribution is -0.131. The zero-order chi connectivity index (χ0) is 24.5. The molecule has 2 amide bonds. The molecular formula is C25H29N7O3. The summed E-state index contributed by atoms with van der Waals surface area (Å²) in [5.41, 5.74) is 4.51. The fourth-order valence-corrected chi connectivity index (χ4v) is 4.91. The standard InChI is InChI=1S/C25H29N7O3/c1-30-21-10-16(6-7-18(21)13-24(30)35)11-23(34)31(2)22(15-32-9-8-20(33)14-32)17-4-3-5-19(12-17)25-26-28-29-27-25/h3-7,10,12,20,22,33H,8-9,11,13-15H2,1-2H3,(H,26,27,28,29)/t20-,22-/m1/s1. The van der Waals surface area contributed by atoms with Crippen molar-refractivity contribution in [3.8, 4) is 11.4 Å². The number of H-pyrrole nitrogens is 1. The number of hydrogen-bond donors (Lipinski definition) is 2. The SMILES string of the molecule is CN1C(=O)Cc2ccc(CC(=O)N(C)[C@H](CN3CC[C@@H](O)C3)c3cccc(-c4nn[nH]n4)c3)cc21. The number of carbonyl (C=O) groups excluding carboxylic acids is 2. The quantitative estimate of drug-likeness (QED) is 0.527. The van der Waals surface area contributed by atoms with Gasteiger partial charge in [-0.05, 0) is 40.5 Å². The van der Waals surface area contributed by atoms with E-state index in [1.54, 1.807) is 16.8 Å². The van der Waals surface area contributed by atoms with E-state index in [1.165, 1.54) is 0 Å². The Morgan fingerprint density at radius 3 is 2.89 bits per heavy atom. The molecule has 3 aromatic rings. The number of hydrogen-bond acceptors (Lipinski definition) is 7. The van der Waals surface area contributed by atoms with Crippen LogP contribution in [-0.2, 0) is 22.4 Å². The number of benzene rings is 2. The van der Waals surface area contributed by atoms with Gasteiger partial charge in [0.15, 0.2) is 0 Å². The van der Waals surface area contributed by atoms with Crippen LogP contribution in [0.3, 0.4) is 0 Å². The van der Waals surface area contributed by atoms with Crippen LogP contribution < -0.4 is 4.90 Å². The minimum Gasteiger partial charge on any atom is -0.392 e. The van der Waals surface area contributed by atoms with Crippen molar-refractivity contribution < 1.29 is 14.7 Å². The summed E-state index contributed by atoms with van der Waals surface area (Å²) < 4.78 is 0. The number of likely N-dealkylation sites (tertiary alicyclic amines) is 1. The molecule has 0 unspecified atom stereocenters. The molecule has 182 valence electrons. The van der Waals surface area contributed by atoms with Crippen LogP contribution in [0.25, 0.3) is 11.4 Å². The maximum absolute atomic E-state index is 13.5. The second-order valence-electron chi connectivity index (χ2n) is 9.35. The number of aliphatic hydroxyl groups excluding tert-OH is 1. The lowest BCUT2D eigenvalue weighted by atomic mass is 10.0. The van der Waals surface area contributed by atoms with Gasteiger partial charge in [-0.15, -0.1) is 10.2 Å². The van der Waals surface area contributed by atoms with E-state index in [4.69, 9.17) is 0 Å². The van der Waals surface area contributed by atoms with Crippen molar-refractivity contribution in [2.24, 2.45) is 0 Å². The molecule has 0 saturated carbocycles. The van der Waals surface area contributed by atoms with Crippen LogP contribution in [0.15, 0.2) is 42.5 Å². The molecule has 2 aliphatic rings. The molecule has 10 nitrogen and oxygen atoms in total. The van der Waals surface area contributed by atoms with Gasteiger partial charge in [-0.25, -0.2) is 0 Å². The van der Waals surface area contributed by atoms with E-state index in [-0.39, 0.29) is 30.4 Å². The molecule has 2 N–H and O–H groups in total. The number of aliphatic hydroxyl groups is 1. The van der Waals surface area contributed by atoms with E-state index in [9.17, 15) is 14.7 Å². The van der Waals surface area contributed by atoms with Crippen molar-refractivity contribution in [1.29, 1.82) is 0 Å². The lowest BCUT2D eigenvalue weighted by Gasteiger charge is -2.32. The summed E-state index contributed by atoms with van der Waals surface area (Å²) in [6.45, 7) is 1.99. The summed E-state index contributed by atoms with van der Waals surface area (Å²) in [4.78, 5) is 31.1. The van der Waals surface area contributed by atoms with Crippen molar-refractivity contribution in [2.75, 3.05) is 38.6 Å². The number of aromatic amines is 1. The number of β-amino-alcohol motifs (C(OH)–C–C–N with tert-alkyl or cyclic N) is 1. The minimum absolute atomic E-state index is 0.0216. The normalized spacial score (nSPS) is 18.7. The first-order valence-corrected chi connectivity index (χ1v) is 11.8. The summed E-state index contributed by atoms with van der Waals surface area (Å²) in [6, 6.07) is 13.4. The molecule has 10 heteroatoms. The Morgan fingerprint density at radius 1 is 1.29 bits per heavy atom. The third kappa shape index (κ3) is 4.80. The van der Waals surface area contributed by atoms with Gasteiger partial charge in [-0.3, -0.25) is 14.5 Å². The molecule has 5 rings (SSSR count). The largest absolute Gasteiger partial charge is 0.392 e. The first-order valence-electron chi connectivity index (χ1n) is 11.8. The van der Waals surface area contributed by atoms with Crippen LogP contribution in [0.5, 0.6) is 0 Å². The highest BCUT2D eigenvalue weighted by Gasteiger charge is 2.29. The van der Waals surface area contributed by atoms with Crippen molar-refractivity contribution in [1.82, 2.24) is 30.4 Å². The number of amides is 2. The van der Waals surface area contributed by atoms with Gasteiger partial charge >= 0.3 is 0 Å². The second-order valence-corrected chi connectivity index (χ2v) is 9.35. The number of rotatable bonds is 7. The van der Waals surface area contributed by atoms with Crippen LogP contribution in [0.1, 0.15) is 29.2 Å². The summed E-state index contributed by atoms with van der Waals surface area (Å²) in [7, 11) is 3.59. The number of likely N-dealkylation sites (N-methyl/N-ethyl adjacent to an activating group) is 2. The Bertz CT molecular complexity index is 1230. The maximum atomic E-state index is 13.5. The van der Waals surface area contributed by atoms with Gasteiger partial charge in [0.25, 0.3) is 0 Å². The molecule has 0 aliphatic carbocycles. The van der Waals surface area contributed by atoms with E-state index < -0.39 is 0 Å². The molecule has 1 aromatic heterocycles. The Morgan fingerprint density at radius 2 is 2.14 bits per heavy atom. The van der Waals surface area contributed by atoms with Crippen LogP contribution in [-0.4, -0.2) is 87.2 Å². The maximum Gasteiger partial charge on any atom is 0.231 e. The first kappa shape index (κ1) is 23.1. The minimum atomic E-state index is -0.339. The third-order valence-corrected chi connectivity index (χ3v) is 7.00. The fourth-order valence-electron chi connectivity index (χ4n) is 4.91. The number of aromatic nitrogens is 4. The lowest BCUT2D eigenvalue weighted by Crippen LogP contribution is -2.39. The Labute approximate surface area is 203 Å². The molecule has 35 heavy (non-hydrogen) atoms. The Kier molecular flexibility index (Phi) is 6.31. The Balaban J connectivity index is 1.39. The molecule has 1 fully saturated rings. The molecule has 0 radical (unpaired) electrons. The van der Waals surface area contributed by atoms with E-state index in [0.717, 1.165) is 40.9 Å². The van der Waals surface area contributed by atoms with E-state index >= 15 is 0 Å². The predicted molar refractivity (Wildman–Crippen MR) is 129 cm³/mol. The molecule has 2 aromatic carbocycles. The third-order valence-electron chi connectivity index (χ3n) is 7.00. The highest BCUT2D eigenvalue weighted by atomic mass is 16.3. The second kappa shape index (κ2) is 9.55. The van der Waals surface area contributed by atoms with Crippen LogP contribution in [0.4, 0.5) is 5.69 Å². The summed E-state index contributed by atoms with van der Waals surface area (Å²) in [5.74, 6) is 0.537. The van der Waals surface area contributed by atoms with Crippen molar-refractivity contribution >= 4 is 17.5 Å². The first-order chi connectivity index (χ1) is 16.9. The highest BCUT2D eigenvalue weighted by molar-refractivity contribution is 6.01. The molecular weight excluding hydrogens is 446 g/mol. The Hall–Kier alpha value is -3.63. The van der Waals surface area contributed by atoms with E-state index in [0.29, 0.717) is 25.3 Å². The van der Waals surface area contributed by atoms with E-state index in [2.05, 4.69) is 25.5 Å². The van der Waals surface area contributed by atoms with Gasteiger partial charge in [-0.1, -0.05) is 30.3 Å². The zero-order valence-electron chi connectivity index (χ0n) is 19.9. The zero-order valence-corrected chi connectivity index (χ0v) is 19.9. The number of anilines is 1. The summed E-state index contributed by atoms with van der Waals surface area (Å²) >= 11 is 0. The molecule has 2 atom stereocenters. The molecule has 0 bridgehead atoms. The van der Waals surface area contributed by atoms with Crippen LogP contribution in [0, 0.1) is 0 Å². The average molecular weight is 476 g/mol. The van der Waals surface area contributed by atoms with Crippen LogP contribution >= 0.6 is 0 Å². The number of nitrogens with one attached hydrogen (secondary N) is 1. The molecule has 2 aliphatic heterocycles. The number of tetrazole rings is 1. The van der Waals surface area contributed by atoms with Gasteiger partial charge < -0.3 is 14.9 Å². The number of carbonyl (C=O) groups is 2. The molecule has 3 heterocycles. The van der Waals surface area contributed by atoms with Gasteiger partial charge in [-0.2, -0.15) is 5.21 Å². The number of fused-ring (bicyclic) bond motifs is 1. The van der Waals surface area contributed by atoms with Gasteiger partial charge in [0.1, 0.15) is 0 Å². The number of nitrogens with zero attached hydrogens (tertiary/aromatic N) is 6. The average Bonchev–Trinajstić information content (AvgIpc) is 3.59. The molecule has 0 spiro atoms. The van der Waals surface area contributed by atoms with Crippen molar-refractivity contribution in [2.45, 2.75) is 31.4 Å². The predicted octanol–water partition coefficient (Wildman–Crippen LogP) is 1.19. The van der Waals surface area contributed by atoms with E-state index in [1.807, 2.05) is 49.5 Å². The summed E-state index contributed by atoms with van der Waals surface area (Å²) in [5, 5.41) is 24.3. The fraction of sp³-hybridized carbons (Fsp3) is 0.400. The summed E-state index contributed by atoms with van der Waals surface area (Å²) in [6.07, 6.45) is 1.03. The van der Waals surface area contributed by atoms with Crippen molar-refractivity contribution in [3.05, 3.63) is 59.2 Å². The molecule has 1 saturated heterocycles. The smallest absolute Gasteiger partial charge is 0.231 e. The monoisotopic (exact) mass is 475 g/mol. The topological polar surface area (TPSA) is 119 Å². The van der Waals surface area contributed by atoms with Gasteiger partial charge in [0.05, 0.1) is 25.0 Å². The van der Waals surface area contributed by atoms with Gasteiger partial charge in [0.2, 0.25) is 17.6 Å².